The summed E-state index contributed by atoms with van der Waals surface area (Å²) < 4.78 is 6.51. The minimum absolute atomic E-state index is 0. The zero-order chi connectivity index (χ0) is 21.8. The highest BCUT2D eigenvalue weighted by molar-refractivity contribution is 5.83. The molecular formula is C27H39BrN2O2. The Labute approximate surface area is 204 Å². The number of pyridine rings is 1. The molecule has 5 heteroatoms. The highest BCUT2D eigenvalue weighted by Crippen LogP contribution is 2.47. The van der Waals surface area contributed by atoms with Gasteiger partial charge in [-0.25, -0.2) is 0 Å². The van der Waals surface area contributed by atoms with E-state index >= 15 is 0 Å². The van der Waals surface area contributed by atoms with E-state index in [9.17, 15) is 5.11 Å². The van der Waals surface area contributed by atoms with E-state index in [4.69, 9.17) is 4.74 Å². The lowest BCUT2D eigenvalue weighted by molar-refractivity contribution is -0.973. The third kappa shape index (κ3) is 4.90. The lowest BCUT2D eigenvalue weighted by atomic mass is 9.71. The van der Waals surface area contributed by atoms with Gasteiger partial charge in [0.15, 0.2) is 0 Å². The molecule has 2 bridgehead atoms. The first-order valence-electron chi connectivity index (χ1n) is 12.2. The SMILES string of the molecule is C=C[C@H]1C[N+]2(CCCCCCC)CC[C@H]1C[C@@H]2[C@@H](O)c1ccnc2ccc(OC)cc12.[Br-]. The molecular weight excluding hydrogens is 464 g/mol. The van der Waals surface area contributed by atoms with Crippen molar-refractivity contribution in [2.24, 2.45) is 11.8 Å². The van der Waals surface area contributed by atoms with Crippen molar-refractivity contribution in [2.75, 3.05) is 26.7 Å². The third-order valence-corrected chi connectivity index (χ3v) is 8.05. The van der Waals surface area contributed by atoms with Crippen LogP contribution in [-0.2, 0) is 0 Å². The maximum atomic E-state index is 11.8. The molecule has 0 amide bonds. The summed E-state index contributed by atoms with van der Waals surface area (Å²) in [5.41, 5.74) is 1.92. The number of rotatable bonds is 10. The van der Waals surface area contributed by atoms with Gasteiger partial charge in [-0.15, -0.1) is 6.58 Å². The number of aliphatic hydroxyl groups excluding tert-OH is 1. The highest BCUT2D eigenvalue weighted by atomic mass is 79.9. The van der Waals surface area contributed by atoms with E-state index in [1.165, 1.54) is 51.6 Å². The van der Waals surface area contributed by atoms with Crippen LogP contribution in [0.15, 0.2) is 43.1 Å². The van der Waals surface area contributed by atoms with Crippen LogP contribution in [0.2, 0.25) is 0 Å². The molecule has 5 atom stereocenters. The van der Waals surface area contributed by atoms with Gasteiger partial charge in [0, 0.05) is 30.3 Å². The van der Waals surface area contributed by atoms with Crippen LogP contribution in [0.3, 0.4) is 0 Å². The van der Waals surface area contributed by atoms with E-state index in [1.54, 1.807) is 7.11 Å². The van der Waals surface area contributed by atoms with E-state index in [1.807, 2.05) is 30.5 Å². The number of hydrogen-bond donors (Lipinski definition) is 1. The second kappa shape index (κ2) is 11.1. The molecule has 4 nitrogen and oxygen atoms in total. The molecule has 0 radical (unpaired) electrons. The fourth-order valence-electron chi connectivity index (χ4n) is 6.26. The van der Waals surface area contributed by atoms with Gasteiger partial charge in [-0.2, -0.15) is 0 Å². The van der Waals surface area contributed by atoms with Crippen molar-refractivity contribution in [2.45, 2.75) is 64.0 Å². The third-order valence-electron chi connectivity index (χ3n) is 8.05. The maximum absolute atomic E-state index is 11.8. The number of fused-ring (bicyclic) bond motifs is 4. The molecule has 1 aromatic carbocycles. The van der Waals surface area contributed by atoms with Gasteiger partial charge in [0.05, 0.1) is 32.3 Å². The Morgan fingerprint density at radius 2 is 2.06 bits per heavy atom. The predicted octanol–water partition coefficient (Wildman–Crippen LogP) is 2.66. The summed E-state index contributed by atoms with van der Waals surface area (Å²) in [6.07, 6.45) is 12.4. The Hall–Kier alpha value is -1.43. The summed E-state index contributed by atoms with van der Waals surface area (Å²) in [6, 6.07) is 8.22. The monoisotopic (exact) mass is 502 g/mol. The highest BCUT2D eigenvalue weighted by Gasteiger charge is 2.53. The summed E-state index contributed by atoms with van der Waals surface area (Å²) in [6.45, 7) is 9.92. The van der Waals surface area contributed by atoms with Crippen LogP contribution in [0.25, 0.3) is 10.9 Å². The van der Waals surface area contributed by atoms with Gasteiger partial charge < -0.3 is 31.3 Å². The normalized spacial score (nSPS) is 27.7. The summed E-state index contributed by atoms with van der Waals surface area (Å²) in [4.78, 5) is 4.53. The van der Waals surface area contributed by atoms with Gasteiger partial charge >= 0.3 is 0 Å². The van der Waals surface area contributed by atoms with Gasteiger partial charge in [-0.05, 0) is 48.6 Å². The van der Waals surface area contributed by atoms with Gasteiger partial charge in [0.25, 0.3) is 0 Å². The molecule has 0 aliphatic carbocycles. The zero-order valence-electron chi connectivity index (χ0n) is 19.7. The quantitative estimate of drug-likeness (QED) is 0.308. The smallest absolute Gasteiger partial charge is 0.131 e. The minimum atomic E-state index is -0.484. The molecule has 1 aromatic heterocycles. The van der Waals surface area contributed by atoms with Crippen LogP contribution >= 0.6 is 0 Å². The molecule has 0 saturated carbocycles. The van der Waals surface area contributed by atoms with Crippen LogP contribution in [-0.4, -0.2) is 47.4 Å². The zero-order valence-corrected chi connectivity index (χ0v) is 21.3. The number of quaternary nitrogens is 1. The summed E-state index contributed by atoms with van der Waals surface area (Å²) in [5, 5.41) is 12.8. The van der Waals surface area contributed by atoms with Crippen LogP contribution in [0.5, 0.6) is 5.75 Å². The molecule has 176 valence electrons. The first kappa shape index (κ1) is 25.2. The minimum Gasteiger partial charge on any atom is -1.00 e. The number of aliphatic hydroxyl groups is 1. The Kier molecular flexibility index (Phi) is 8.76. The molecule has 4 heterocycles. The Balaban J connectivity index is 0.00000289. The number of halogens is 1. The van der Waals surface area contributed by atoms with E-state index < -0.39 is 6.10 Å². The molecule has 3 aliphatic heterocycles. The average Bonchev–Trinajstić information content (AvgIpc) is 2.82. The number of hydrogen-bond acceptors (Lipinski definition) is 3. The number of ether oxygens (including phenoxy) is 1. The lowest BCUT2D eigenvalue weighted by Crippen LogP contribution is -3.00. The molecule has 2 aromatic rings. The van der Waals surface area contributed by atoms with E-state index in [2.05, 4.69) is 24.6 Å². The van der Waals surface area contributed by atoms with Crippen LogP contribution < -0.4 is 21.7 Å². The Morgan fingerprint density at radius 3 is 2.81 bits per heavy atom. The van der Waals surface area contributed by atoms with E-state index in [0.29, 0.717) is 11.8 Å². The predicted molar refractivity (Wildman–Crippen MR) is 127 cm³/mol. The molecule has 32 heavy (non-hydrogen) atoms. The molecule has 1 N–H and O–H groups in total. The number of nitrogens with zero attached hydrogens (tertiary/aromatic N) is 2. The number of unbranched alkanes of at least 4 members (excludes halogenated alkanes) is 4. The van der Waals surface area contributed by atoms with Crippen LogP contribution in [0.4, 0.5) is 0 Å². The first-order valence-corrected chi connectivity index (χ1v) is 12.2. The maximum Gasteiger partial charge on any atom is 0.131 e. The van der Waals surface area contributed by atoms with Gasteiger partial charge in [-0.3, -0.25) is 4.98 Å². The van der Waals surface area contributed by atoms with Crippen molar-refractivity contribution in [3.8, 4) is 5.75 Å². The Morgan fingerprint density at radius 1 is 1.25 bits per heavy atom. The molecule has 1 unspecified atom stereocenters. The lowest BCUT2D eigenvalue weighted by Gasteiger charge is -2.58. The van der Waals surface area contributed by atoms with Crippen molar-refractivity contribution in [3.63, 3.8) is 0 Å². The summed E-state index contributed by atoms with van der Waals surface area (Å²) >= 11 is 0. The van der Waals surface area contributed by atoms with Crippen LogP contribution in [0.1, 0.15) is 63.5 Å². The van der Waals surface area contributed by atoms with Crippen molar-refractivity contribution < 1.29 is 31.3 Å². The van der Waals surface area contributed by atoms with Crippen molar-refractivity contribution >= 4 is 10.9 Å². The molecule has 3 aliphatic rings. The van der Waals surface area contributed by atoms with Crippen molar-refractivity contribution in [3.05, 3.63) is 48.7 Å². The van der Waals surface area contributed by atoms with E-state index in [0.717, 1.165) is 39.7 Å². The molecule has 0 spiro atoms. The fraction of sp³-hybridized carbons (Fsp3) is 0.593. The number of benzene rings is 1. The van der Waals surface area contributed by atoms with E-state index in [-0.39, 0.29) is 23.0 Å². The second-order valence-electron chi connectivity index (χ2n) is 9.74. The summed E-state index contributed by atoms with van der Waals surface area (Å²) in [5.74, 6) is 2.05. The second-order valence-corrected chi connectivity index (χ2v) is 9.74. The van der Waals surface area contributed by atoms with Crippen molar-refractivity contribution in [1.29, 1.82) is 0 Å². The van der Waals surface area contributed by atoms with Crippen molar-refractivity contribution in [1.82, 2.24) is 4.98 Å². The number of piperidine rings is 3. The van der Waals surface area contributed by atoms with Gasteiger partial charge in [0.1, 0.15) is 17.9 Å². The standard InChI is InChI=1S/C27H39N2O2.BrH/c1-4-6-7-8-9-15-29-16-13-21(20(5-2)19-29)17-26(29)27(30)23-12-14-28-25-11-10-22(31-3)18-24(23)25;/h5,10-12,14,18,20-21,26-27,30H,2,4,6-9,13,15-17,19H2,1,3H3;1H/q+1;/p-1/t20-,21-,26+,27-,29?;/m0./s1. The number of methoxy groups -OCH3 is 1. The summed E-state index contributed by atoms with van der Waals surface area (Å²) in [7, 11) is 1.69. The van der Waals surface area contributed by atoms with Crippen LogP contribution in [0, 0.1) is 11.8 Å². The fourth-order valence-corrected chi connectivity index (χ4v) is 6.26. The average molecular weight is 504 g/mol. The number of aromatic nitrogens is 1. The molecule has 5 rings (SSSR count). The largest absolute Gasteiger partial charge is 1.00 e. The molecule has 3 saturated heterocycles. The molecule has 3 fully saturated rings. The van der Waals surface area contributed by atoms with Gasteiger partial charge in [-0.1, -0.05) is 32.3 Å². The van der Waals surface area contributed by atoms with Gasteiger partial charge in [0.2, 0.25) is 0 Å². The first-order chi connectivity index (χ1) is 15.1. The Bertz CT molecular complexity index is 904. The topological polar surface area (TPSA) is 42.4 Å².